The van der Waals surface area contributed by atoms with Gasteiger partial charge in [0.15, 0.2) is 0 Å². The van der Waals surface area contributed by atoms with Crippen LogP contribution in [0, 0.1) is 0 Å². The fourth-order valence-corrected chi connectivity index (χ4v) is 1.94. The highest BCUT2D eigenvalue weighted by Crippen LogP contribution is 2.16. The highest BCUT2D eigenvalue weighted by atomic mass is 15.1. The number of allylic oxidation sites excluding steroid dienone is 2. The Kier molecular flexibility index (Phi) is 6.30. The van der Waals surface area contributed by atoms with E-state index in [1.807, 2.05) is 0 Å². The Bertz CT molecular complexity index is 271. The third kappa shape index (κ3) is 5.37. The zero-order valence-electron chi connectivity index (χ0n) is 11.3. The first-order valence-corrected chi connectivity index (χ1v) is 6.86. The summed E-state index contributed by atoms with van der Waals surface area (Å²) >= 11 is 0. The van der Waals surface area contributed by atoms with Crippen molar-refractivity contribution in [1.82, 2.24) is 10.6 Å². The molecule has 98 valence electrons. The highest BCUT2D eigenvalue weighted by molar-refractivity contribution is 5.25. The van der Waals surface area contributed by atoms with Gasteiger partial charge in [0.25, 0.3) is 0 Å². The van der Waals surface area contributed by atoms with Gasteiger partial charge in [-0.05, 0) is 31.5 Å². The molecule has 0 aromatic rings. The van der Waals surface area contributed by atoms with Crippen LogP contribution < -0.4 is 16.4 Å². The fourth-order valence-electron chi connectivity index (χ4n) is 1.94. The van der Waals surface area contributed by atoms with Crippen molar-refractivity contribution in [1.29, 1.82) is 0 Å². The van der Waals surface area contributed by atoms with Crippen LogP contribution in [0.25, 0.3) is 0 Å². The Balaban J connectivity index is 2.35. The molecule has 1 aliphatic rings. The summed E-state index contributed by atoms with van der Waals surface area (Å²) in [5.74, 6) is 0. The normalized spacial score (nSPS) is 23.6. The van der Waals surface area contributed by atoms with Crippen LogP contribution in [0.15, 0.2) is 23.9 Å². The lowest BCUT2D eigenvalue weighted by Gasteiger charge is -2.31. The predicted molar refractivity (Wildman–Crippen MR) is 74.6 cm³/mol. The summed E-state index contributed by atoms with van der Waals surface area (Å²) in [6.45, 7) is 6.43. The van der Waals surface area contributed by atoms with E-state index in [0.717, 1.165) is 19.5 Å². The molecule has 4 N–H and O–H groups in total. The molecule has 0 radical (unpaired) electrons. The first kappa shape index (κ1) is 14.3. The largest absolute Gasteiger partial charge is 0.388 e. The lowest BCUT2D eigenvalue weighted by atomic mass is 9.99. The molecule has 0 amide bonds. The predicted octanol–water partition coefficient (Wildman–Crippen LogP) is 2.26. The summed E-state index contributed by atoms with van der Waals surface area (Å²) in [6, 6.07) is 0. The Labute approximate surface area is 106 Å². The zero-order chi connectivity index (χ0) is 12.6. The third-order valence-electron chi connectivity index (χ3n) is 3.04. The maximum absolute atomic E-state index is 6.32. The number of hydrogen-bond donors (Lipinski definition) is 3. The van der Waals surface area contributed by atoms with E-state index in [2.05, 4.69) is 42.7 Å². The molecular formula is C14H27N3. The standard InChI is InChI=1S/C14H27N3/c1-3-5-10-16-13-8-7-9-14(15,12-13)17-11-6-4-2/h7-9,16-17H,3-6,10-12,15H2,1-2H3. The summed E-state index contributed by atoms with van der Waals surface area (Å²) in [7, 11) is 0. The van der Waals surface area contributed by atoms with Crippen molar-refractivity contribution in [2.24, 2.45) is 5.73 Å². The zero-order valence-corrected chi connectivity index (χ0v) is 11.3. The molecule has 1 rings (SSSR count). The van der Waals surface area contributed by atoms with Crippen molar-refractivity contribution < 1.29 is 0 Å². The molecule has 3 nitrogen and oxygen atoms in total. The molecule has 0 bridgehead atoms. The molecule has 1 unspecified atom stereocenters. The van der Waals surface area contributed by atoms with Crippen molar-refractivity contribution in [3.8, 4) is 0 Å². The lowest BCUT2D eigenvalue weighted by Crippen LogP contribution is -2.53. The van der Waals surface area contributed by atoms with E-state index >= 15 is 0 Å². The van der Waals surface area contributed by atoms with Gasteiger partial charge in [0, 0.05) is 18.7 Å². The van der Waals surface area contributed by atoms with E-state index < -0.39 is 0 Å². The number of nitrogens with two attached hydrogens (primary N) is 1. The Hall–Kier alpha value is -0.800. The maximum Gasteiger partial charge on any atom is 0.0912 e. The highest BCUT2D eigenvalue weighted by Gasteiger charge is 2.23. The van der Waals surface area contributed by atoms with Crippen LogP contribution in [0.3, 0.4) is 0 Å². The quantitative estimate of drug-likeness (QED) is 0.448. The van der Waals surface area contributed by atoms with Gasteiger partial charge in [0.1, 0.15) is 0 Å². The molecule has 0 spiro atoms. The molecule has 17 heavy (non-hydrogen) atoms. The fraction of sp³-hybridized carbons (Fsp3) is 0.714. The van der Waals surface area contributed by atoms with Crippen molar-refractivity contribution >= 4 is 0 Å². The molecule has 0 heterocycles. The summed E-state index contributed by atoms with van der Waals surface area (Å²) in [5, 5.41) is 6.89. The van der Waals surface area contributed by atoms with Gasteiger partial charge in [-0.2, -0.15) is 0 Å². The minimum Gasteiger partial charge on any atom is -0.388 e. The van der Waals surface area contributed by atoms with E-state index in [1.165, 1.54) is 31.4 Å². The van der Waals surface area contributed by atoms with Crippen LogP contribution in [0.2, 0.25) is 0 Å². The van der Waals surface area contributed by atoms with Crippen molar-refractivity contribution in [3.05, 3.63) is 23.9 Å². The second-order valence-corrected chi connectivity index (χ2v) is 4.83. The van der Waals surface area contributed by atoms with Gasteiger partial charge in [0.2, 0.25) is 0 Å². The molecule has 0 saturated heterocycles. The van der Waals surface area contributed by atoms with E-state index in [-0.39, 0.29) is 5.66 Å². The van der Waals surface area contributed by atoms with Gasteiger partial charge in [0.05, 0.1) is 5.66 Å². The van der Waals surface area contributed by atoms with Gasteiger partial charge < -0.3 is 11.1 Å². The van der Waals surface area contributed by atoms with Gasteiger partial charge in [-0.15, -0.1) is 0 Å². The van der Waals surface area contributed by atoms with Gasteiger partial charge >= 0.3 is 0 Å². The summed E-state index contributed by atoms with van der Waals surface area (Å²) < 4.78 is 0. The van der Waals surface area contributed by atoms with Crippen molar-refractivity contribution in [2.45, 2.75) is 51.6 Å². The molecule has 0 saturated carbocycles. The van der Waals surface area contributed by atoms with Gasteiger partial charge in [-0.25, -0.2) is 0 Å². The SMILES string of the molecule is CCCCNC1=CC=CC(N)(NCCCC)C1. The van der Waals surface area contributed by atoms with Crippen LogP contribution in [0.1, 0.15) is 46.0 Å². The van der Waals surface area contributed by atoms with Crippen LogP contribution in [0.5, 0.6) is 0 Å². The molecule has 0 fully saturated rings. The van der Waals surface area contributed by atoms with E-state index in [9.17, 15) is 0 Å². The minimum absolute atomic E-state index is 0.363. The molecule has 3 heteroatoms. The Morgan fingerprint density at radius 3 is 2.65 bits per heavy atom. The number of rotatable bonds is 8. The van der Waals surface area contributed by atoms with E-state index in [1.54, 1.807) is 0 Å². The van der Waals surface area contributed by atoms with Crippen molar-refractivity contribution in [3.63, 3.8) is 0 Å². The summed E-state index contributed by atoms with van der Waals surface area (Å²) in [4.78, 5) is 0. The molecule has 0 aromatic carbocycles. The van der Waals surface area contributed by atoms with Crippen LogP contribution in [0.4, 0.5) is 0 Å². The number of unbranched alkanes of at least 4 members (excludes halogenated alkanes) is 2. The van der Waals surface area contributed by atoms with Crippen LogP contribution in [-0.2, 0) is 0 Å². The van der Waals surface area contributed by atoms with Gasteiger partial charge in [-0.1, -0.05) is 32.8 Å². The number of nitrogens with one attached hydrogen (secondary N) is 2. The minimum atomic E-state index is -0.363. The molecule has 1 aliphatic carbocycles. The van der Waals surface area contributed by atoms with Gasteiger partial charge in [-0.3, -0.25) is 5.32 Å². The maximum atomic E-state index is 6.32. The molecule has 1 atom stereocenters. The first-order valence-electron chi connectivity index (χ1n) is 6.86. The first-order chi connectivity index (χ1) is 8.20. The van der Waals surface area contributed by atoms with Crippen LogP contribution >= 0.6 is 0 Å². The van der Waals surface area contributed by atoms with E-state index in [0.29, 0.717) is 0 Å². The average molecular weight is 237 g/mol. The molecular weight excluding hydrogens is 210 g/mol. The van der Waals surface area contributed by atoms with E-state index in [4.69, 9.17) is 5.73 Å². The Morgan fingerprint density at radius 2 is 1.94 bits per heavy atom. The van der Waals surface area contributed by atoms with Crippen molar-refractivity contribution in [2.75, 3.05) is 13.1 Å². The summed E-state index contributed by atoms with van der Waals surface area (Å²) in [5.41, 5.74) is 7.20. The topological polar surface area (TPSA) is 50.1 Å². The average Bonchev–Trinajstić information content (AvgIpc) is 2.30. The monoisotopic (exact) mass is 237 g/mol. The van der Waals surface area contributed by atoms with Crippen LogP contribution in [-0.4, -0.2) is 18.8 Å². The lowest BCUT2D eigenvalue weighted by molar-refractivity contribution is 0.394. The molecule has 0 aromatic heterocycles. The number of hydrogen-bond acceptors (Lipinski definition) is 3. The Morgan fingerprint density at radius 1 is 1.24 bits per heavy atom. The second kappa shape index (κ2) is 7.51. The molecule has 0 aliphatic heterocycles. The summed E-state index contributed by atoms with van der Waals surface area (Å²) in [6.07, 6.45) is 11.9. The smallest absolute Gasteiger partial charge is 0.0912 e. The second-order valence-electron chi connectivity index (χ2n) is 4.83. The third-order valence-corrected chi connectivity index (χ3v) is 3.04.